The molecule has 3 atom stereocenters. The fourth-order valence-electron chi connectivity index (χ4n) is 2.91. The summed E-state index contributed by atoms with van der Waals surface area (Å²) in [6.45, 7) is 1.95. The largest absolute Gasteiger partial charge is 0.386 e. The van der Waals surface area contributed by atoms with Crippen LogP contribution in [0, 0.1) is 5.82 Å². The van der Waals surface area contributed by atoms with Gasteiger partial charge in [0.15, 0.2) is 0 Å². The summed E-state index contributed by atoms with van der Waals surface area (Å²) in [7, 11) is 0. The molecule has 1 aromatic rings. The molecule has 0 spiro atoms. The summed E-state index contributed by atoms with van der Waals surface area (Å²) in [6, 6.07) is 2.95. The van der Waals surface area contributed by atoms with Gasteiger partial charge >= 0.3 is 0 Å². The molecule has 0 aliphatic carbocycles. The van der Waals surface area contributed by atoms with Gasteiger partial charge in [-0.1, -0.05) is 0 Å². The summed E-state index contributed by atoms with van der Waals surface area (Å²) < 4.78 is 19.7. The fraction of sp³-hybridized carbons (Fsp3) is 0.533. The third-order valence-electron chi connectivity index (χ3n) is 4.05. The van der Waals surface area contributed by atoms with Gasteiger partial charge in [0.25, 0.3) is 0 Å². The van der Waals surface area contributed by atoms with Gasteiger partial charge in [-0.15, -0.1) is 0 Å². The number of nitrogens with one attached hydrogen (secondary N) is 1. The number of rotatable bonds is 2. The van der Waals surface area contributed by atoms with Crippen LogP contribution in [-0.4, -0.2) is 23.2 Å². The van der Waals surface area contributed by atoms with Crippen molar-refractivity contribution in [2.75, 3.05) is 5.32 Å². The van der Waals surface area contributed by atoms with E-state index in [1.54, 1.807) is 6.07 Å². The van der Waals surface area contributed by atoms with E-state index in [1.807, 2.05) is 6.92 Å². The lowest BCUT2D eigenvalue weighted by atomic mass is 9.95. The summed E-state index contributed by atoms with van der Waals surface area (Å²) in [5, 5.41) is 13.0. The first kappa shape index (κ1) is 13.5. The lowest BCUT2D eigenvalue weighted by Gasteiger charge is -2.23. The summed E-state index contributed by atoms with van der Waals surface area (Å²) in [4.78, 5) is 11.3. The molecule has 5 heteroatoms. The third-order valence-corrected chi connectivity index (χ3v) is 4.05. The Morgan fingerprint density at radius 2 is 2.20 bits per heavy atom. The van der Waals surface area contributed by atoms with Gasteiger partial charge in [-0.25, -0.2) is 4.39 Å². The first-order valence-electron chi connectivity index (χ1n) is 7.00. The smallest absolute Gasteiger partial charge is 0.224 e. The van der Waals surface area contributed by atoms with Crippen LogP contribution in [0.5, 0.6) is 0 Å². The minimum absolute atomic E-state index is 0.0989. The molecule has 20 heavy (non-hydrogen) atoms. The highest BCUT2D eigenvalue weighted by Crippen LogP contribution is 2.34. The van der Waals surface area contributed by atoms with Crippen molar-refractivity contribution < 1.29 is 19.0 Å². The van der Waals surface area contributed by atoms with Crippen LogP contribution in [0.3, 0.4) is 0 Å². The van der Waals surface area contributed by atoms with Crippen LogP contribution in [0.4, 0.5) is 10.1 Å². The molecule has 0 radical (unpaired) electrons. The number of carbonyl (C=O) groups is 1. The number of anilines is 1. The number of hydrogen-bond donors (Lipinski definition) is 2. The second-order valence-electron chi connectivity index (χ2n) is 5.59. The van der Waals surface area contributed by atoms with Crippen LogP contribution in [0.2, 0.25) is 0 Å². The molecule has 2 aliphatic heterocycles. The van der Waals surface area contributed by atoms with Crippen LogP contribution < -0.4 is 5.32 Å². The van der Waals surface area contributed by atoms with E-state index in [0.29, 0.717) is 18.5 Å². The maximum Gasteiger partial charge on any atom is 0.224 e. The Kier molecular flexibility index (Phi) is 3.48. The molecule has 2 N–H and O–H groups in total. The first-order valence-corrected chi connectivity index (χ1v) is 7.00. The van der Waals surface area contributed by atoms with Crippen molar-refractivity contribution in [3.05, 3.63) is 29.1 Å². The Labute approximate surface area is 116 Å². The van der Waals surface area contributed by atoms with Crippen molar-refractivity contribution in [3.8, 4) is 0 Å². The van der Waals surface area contributed by atoms with Crippen molar-refractivity contribution in [3.63, 3.8) is 0 Å². The van der Waals surface area contributed by atoms with Crippen molar-refractivity contribution >= 4 is 11.6 Å². The third kappa shape index (κ3) is 2.43. The Bertz CT molecular complexity index is 546. The van der Waals surface area contributed by atoms with E-state index < -0.39 is 11.9 Å². The number of ether oxygens (including phenoxy) is 1. The molecule has 1 aromatic carbocycles. The average Bonchev–Trinajstić information content (AvgIpc) is 2.84. The number of fused-ring (bicyclic) bond motifs is 1. The van der Waals surface area contributed by atoms with E-state index >= 15 is 0 Å². The predicted octanol–water partition coefficient (Wildman–Crippen LogP) is 2.31. The Morgan fingerprint density at radius 3 is 2.90 bits per heavy atom. The number of amides is 1. The molecule has 1 amide bonds. The Hall–Kier alpha value is -1.46. The number of hydrogen-bond acceptors (Lipinski definition) is 3. The molecule has 108 valence electrons. The Balaban J connectivity index is 1.88. The number of aryl methyl sites for hydroxylation is 1. The van der Waals surface area contributed by atoms with E-state index in [-0.39, 0.29) is 23.7 Å². The van der Waals surface area contributed by atoms with Gasteiger partial charge < -0.3 is 15.2 Å². The fourth-order valence-corrected chi connectivity index (χ4v) is 2.91. The van der Waals surface area contributed by atoms with Gasteiger partial charge in [-0.3, -0.25) is 4.79 Å². The van der Waals surface area contributed by atoms with E-state index in [0.717, 1.165) is 18.4 Å². The van der Waals surface area contributed by atoms with Gasteiger partial charge in [0.2, 0.25) is 5.91 Å². The van der Waals surface area contributed by atoms with Gasteiger partial charge in [-0.2, -0.15) is 0 Å². The van der Waals surface area contributed by atoms with Crippen molar-refractivity contribution in [2.24, 2.45) is 0 Å². The summed E-state index contributed by atoms with van der Waals surface area (Å²) in [5.74, 6) is -0.597. The molecule has 1 fully saturated rings. The molecule has 0 saturated carbocycles. The highest BCUT2D eigenvalue weighted by atomic mass is 19.1. The molecule has 4 nitrogen and oxygen atoms in total. The lowest BCUT2D eigenvalue weighted by Crippen LogP contribution is -2.22. The molecule has 1 saturated heterocycles. The van der Waals surface area contributed by atoms with Gasteiger partial charge in [0.05, 0.1) is 12.2 Å². The number of halogens is 1. The maximum absolute atomic E-state index is 14.1. The van der Waals surface area contributed by atoms with E-state index in [1.165, 1.54) is 6.07 Å². The molecule has 0 bridgehead atoms. The van der Waals surface area contributed by atoms with Crippen LogP contribution in [0.25, 0.3) is 0 Å². The quantitative estimate of drug-likeness (QED) is 0.873. The van der Waals surface area contributed by atoms with Gasteiger partial charge in [-0.05, 0) is 43.9 Å². The highest BCUT2D eigenvalue weighted by molar-refractivity contribution is 5.93. The number of aliphatic hydroxyl groups excluding tert-OH is 1. The lowest BCUT2D eigenvalue weighted by molar-refractivity contribution is -0.116. The molecule has 2 heterocycles. The van der Waals surface area contributed by atoms with Gasteiger partial charge in [0.1, 0.15) is 11.9 Å². The normalized spacial score (nSPS) is 27.1. The second kappa shape index (κ2) is 5.14. The summed E-state index contributed by atoms with van der Waals surface area (Å²) >= 11 is 0. The van der Waals surface area contributed by atoms with Crippen molar-refractivity contribution in [1.82, 2.24) is 0 Å². The van der Waals surface area contributed by atoms with Gasteiger partial charge in [0, 0.05) is 17.7 Å². The zero-order valence-electron chi connectivity index (χ0n) is 11.4. The zero-order chi connectivity index (χ0) is 14.3. The zero-order valence-corrected chi connectivity index (χ0v) is 11.4. The second-order valence-corrected chi connectivity index (χ2v) is 5.59. The summed E-state index contributed by atoms with van der Waals surface area (Å²) in [5.41, 5.74) is 1.64. The van der Waals surface area contributed by atoms with Crippen molar-refractivity contribution in [1.29, 1.82) is 0 Å². The standard InChI is InChI=1S/C15H18FNO3/c1-8-2-4-13(20-8)15(19)10-6-9-3-5-14(18)17-12(9)7-11(10)16/h6-8,13,15,19H,2-5H2,1H3,(H,17,18). The van der Waals surface area contributed by atoms with Crippen LogP contribution in [-0.2, 0) is 16.0 Å². The SMILES string of the molecule is CC1CCC(C(O)c2cc3c(cc2F)NC(=O)CC3)O1. The van der Waals surface area contributed by atoms with E-state index in [9.17, 15) is 14.3 Å². The Morgan fingerprint density at radius 1 is 1.40 bits per heavy atom. The monoisotopic (exact) mass is 279 g/mol. The number of benzene rings is 1. The molecular formula is C15H18FNO3. The van der Waals surface area contributed by atoms with Crippen LogP contribution >= 0.6 is 0 Å². The predicted molar refractivity (Wildman–Crippen MR) is 71.9 cm³/mol. The van der Waals surface area contributed by atoms with Crippen LogP contribution in [0.1, 0.15) is 43.4 Å². The minimum atomic E-state index is -0.956. The highest BCUT2D eigenvalue weighted by Gasteiger charge is 2.31. The van der Waals surface area contributed by atoms with Crippen molar-refractivity contribution in [2.45, 2.75) is 50.9 Å². The summed E-state index contributed by atoms with van der Waals surface area (Å²) in [6.07, 6.45) is 1.38. The molecule has 3 rings (SSSR count). The number of carbonyl (C=O) groups excluding carboxylic acids is 1. The molecule has 3 unspecified atom stereocenters. The topological polar surface area (TPSA) is 58.6 Å². The maximum atomic E-state index is 14.1. The molecule has 0 aromatic heterocycles. The molecule has 2 aliphatic rings. The number of aliphatic hydroxyl groups is 1. The first-order chi connectivity index (χ1) is 9.54. The molecular weight excluding hydrogens is 261 g/mol. The van der Waals surface area contributed by atoms with E-state index in [4.69, 9.17) is 4.74 Å². The minimum Gasteiger partial charge on any atom is -0.386 e. The van der Waals surface area contributed by atoms with Crippen LogP contribution in [0.15, 0.2) is 12.1 Å². The van der Waals surface area contributed by atoms with E-state index in [2.05, 4.69) is 5.32 Å². The average molecular weight is 279 g/mol.